The number of fused-ring (bicyclic) bond motifs is 2. The van der Waals surface area contributed by atoms with Gasteiger partial charge in [0.05, 0.1) is 18.1 Å². The molecule has 3 heterocycles. The molecular weight excluding hydrogens is 656 g/mol. The van der Waals surface area contributed by atoms with E-state index in [1.54, 1.807) is 17.4 Å². The number of aryl methyl sites for hydroxylation is 2. The standard InChI is InChI=1S/C34H36BrClN6O3/c1-34(2,3)45-33(44)42-14-13-41(20-29(42)32(43)39-27-6-4-5-22(15-27)19-40-12-11-37-21-40)31-28-10-9-26(36)17-23(28)7-8-24-16-25(35)18-38-30(24)31/h4-6,9-12,15-18,21,29,31H,7-8,13-14,19-20H2,1-3H3,(H,39,43)/t29-,31+/m1/s1. The zero-order chi connectivity index (χ0) is 31.7. The Bertz CT molecular complexity index is 1650. The maximum absolute atomic E-state index is 14.1. The highest BCUT2D eigenvalue weighted by atomic mass is 79.9. The Balaban J connectivity index is 1.33. The molecule has 2 atom stereocenters. The monoisotopic (exact) mass is 690 g/mol. The van der Waals surface area contributed by atoms with Gasteiger partial charge in [-0.3, -0.25) is 19.6 Å². The van der Waals surface area contributed by atoms with E-state index in [-0.39, 0.29) is 11.9 Å². The van der Waals surface area contributed by atoms with Gasteiger partial charge in [0, 0.05) is 60.0 Å². The lowest BCUT2D eigenvalue weighted by molar-refractivity contribution is -0.124. The zero-order valence-electron chi connectivity index (χ0n) is 25.5. The second-order valence-electron chi connectivity index (χ2n) is 12.6. The fourth-order valence-corrected chi connectivity index (χ4v) is 6.72. The molecule has 0 unspecified atom stereocenters. The third kappa shape index (κ3) is 7.24. The summed E-state index contributed by atoms with van der Waals surface area (Å²) in [6.07, 6.45) is 8.35. The number of ether oxygens (including phenoxy) is 1. The summed E-state index contributed by atoms with van der Waals surface area (Å²) in [6, 6.07) is 14.8. The molecular formula is C34H36BrClN6O3. The molecule has 45 heavy (non-hydrogen) atoms. The summed E-state index contributed by atoms with van der Waals surface area (Å²) in [6.45, 7) is 7.26. The van der Waals surface area contributed by atoms with Crippen molar-refractivity contribution in [3.05, 3.63) is 111 Å². The smallest absolute Gasteiger partial charge is 0.411 e. The molecule has 2 amide bonds. The zero-order valence-corrected chi connectivity index (χ0v) is 27.9. The number of benzene rings is 2. The Morgan fingerprint density at radius 2 is 1.91 bits per heavy atom. The van der Waals surface area contributed by atoms with E-state index < -0.39 is 17.7 Å². The van der Waals surface area contributed by atoms with E-state index in [0.29, 0.717) is 36.9 Å². The number of hydrogen-bond acceptors (Lipinski definition) is 6. The maximum atomic E-state index is 14.1. The van der Waals surface area contributed by atoms with Crippen LogP contribution in [0.15, 0.2) is 77.9 Å². The number of nitrogens with zero attached hydrogens (tertiary/aromatic N) is 5. The molecule has 0 bridgehead atoms. The molecule has 0 saturated carbocycles. The molecule has 11 heteroatoms. The highest BCUT2D eigenvalue weighted by Crippen LogP contribution is 2.38. The molecule has 2 aromatic carbocycles. The van der Waals surface area contributed by atoms with Crippen molar-refractivity contribution >= 4 is 45.2 Å². The number of imidazole rings is 1. The van der Waals surface area contributed by atoms with Crippen LogP contribution in [0.25, 0.3) is 0 Å². The summed E-state index contributed by atoms with van der Waals surface area (Å²) in [7, 11) is 0. The molecule has 6 rings (SSSR count). The van der Waals surface area contributed by atoms with Gasteiger partial charge in [-0.25, -0.2) is 9.78 Å². The van der Waals surface area contributed by atoms with Gasteiger partial charge < -0.3 is 14.6 Å². The minimum absolute atomic E-state index is 0.211. The SMILES string of the molecule is CC(C)(C)OC(=O)N1CCN([C@H]2c3ccc(Cl)cc3CCc3cc(Br)cnc32)C[C@@H]1C(=O)Nc1cccc(Cn2ccnc2)c1. The van der Waals surface area contributed by atoms with Crippen LogP contribution < -0.4 is 5.32 Å². The number of halogens is 2. The van der Waals surface area contributed by atoms with E-state index in [2.05, 4.69) is 43.3 Å². The van der Waals surface area contributed by atoms with Crippen LogP contribution in [0.5, 0.6) is 0 Å². The first-order chi connectivity index (χ1) is 21.5. The van der Waals surface area contributed by atoms with Gasteiger partial charge in [0.1, 0.15) is 11.6 Å². The van der Waals surface area contributed by atoms with Crippen LogP contribution in [-0.4, -0.2) is 67.6 Å². The molecule has 2 aromatic heterocycles. The lowest BCUT2D eigenvalue weighted by Gasteiger charge is -2.44. The number of aromatic nitrogens is 3. The molecule has 2 aliphatic rings. The van der Waals surface area contributed by atoms with Gasteiger partial charge in [-0.05, 0) is 102 Å². The number of rotatable bonds is 5. The van der Waals surface area contributed by atoms with Crippen LogP contribution in [0.4, 0.5) is 10.5 Å². The number of piperazine rings is 1. The van der Waals surface area contributed by atoms with Crippen molar-refractivity contribution in [1.82, 2.24) is 24.3 Å². The Kier molecular flexibility index (Phi) is 8.99. The van der Waals surface area contributed by atoms with Gasteiger partial charge in [0.25, 0.3) is 0 Å². The Morgan fingerprint density at radius 3 is 2.69 bits per heavy atom. The van der Waals surface area contributed by atoms with Crippen LogP contribution in [0.1, 0.15) is 54.8 Å². The number of hydrogen-bond donors (Lipinski definition) is 1. The first-order valence-electron chi connectivity index (χ1n) is 15.1. The van der Waals surface area contributed by atoms with Crippen LogP contribution in [0, 0.1) is 0 Å². The van der Waals surface area contributed by atoms with Gasteiger partial charge >= 0.3 is 6.09 Å². The summed E-state index contributed by atoms with van der Waals surface area (Å²) in [4.78, 5) is 40.4. The minimum Gasteiger partial charge on any atom is -0.444 e. The van der Waals surface area contributed by atoms with E-state index in [9.17, 15) is 9.59 Å². The molecule has 9 nitrogen and oxygen atoms in total. The average molecular weight is 692 g/mol. The summed E-state index contributed by atoms with van der Waals surface area (Å²) in [5, 5.41) is 3.78. The third-order valence-corrected chi connectivity index (χ3v) is 8.79. The maximum Gasteiger partial charge on any atom is 0.411 e. The van der Waals surface area contributed by atoms with Crippen molar-refractivity contribution in [2.75, 3.05) is 25.0 Å². The highest BCUT2D eigenvalue weighted by Gasteiger charge is 2.41. The van der Waals surface area contributed by atoms with Gasteiger partial charge in [-0.15, -0.1) is 0 Å². The molecule has 4 aromatic rings. The molecule has 0 spiro atoms. The average Bonchev–Trinajstić information content (AvgIpc) is 3.44. The second kappa shape index (κ2) is 12.9. The summed E-state index contributed by atoms with van der Waals surface area (Å²) >= 11 is 10.0. The quantitative estimate of drug-likeness (QED) is 0.257. The molecule has 1 aliphatic heterocycles. The normalized spacial score (nSPS) is 18.5. The Morgan fingerprint density at radius 1 is 1.09 bits per heavy atom. The summed E-state index contributed by atoms with van der Waals surface area (Å²) in [5.41, 5.74) is 5.35. The number of carbonyl (C=O) groups is 2. The minimum atomic E-state index is -0.802. The van der Waals surface area contributed by atoms with Crippen LogP contribution in [-0.2, 0) is 28.9 Å². The first kappa shape index (κ1) is 31.3. The third-order valence-electron chi connectivity index (χ3n) is 8.12. The number of pyridine rings is 1. The molecule has 234 valence electrons. The fourth-order valence-electron chi connectivity index (χ4n) is 6.15. The fraction of sp³-hybridized carbons (Fsp3) is 0.353. The van der Waals surface area contributed by atoms with Crippen LogP contribution in [0.3, 0.4) is 0 Å². The highest BCUT2D eigenvalue weighted by molar-refractivity contribution is 9.10. The van der Waals surface area contributed by atoms with Crippen molar-refractivity contribution in [2.45, 2.75) is 57.8 Å². The molecule has 1 aliphatic carbocycles. The lowest BCUT2D eigenvalue weighted by Crippen LogP contribution is -2.60. The first-order valence-corrected chi connectivity index (χ1v) is 16.2. The van der Waals surface area contributed by atoms with E-state index in [1.165, 1.54) is 0 Å². The van der Waals surface area contributed by atoms with E-state index in [0.717, 1.165) is 45.3 Å². The lowest BCUT2D eigenvalue weighted by atomic mass is 9.95. The second-order valence-corrected chi connectivity index (χ2v) is 13.9. The van der Waals surface area contributed by atoms with E-state index in [4.69, 9.17) is 21.3 Å². The van der Waals surface area contributed by atoms with Gasteiger partial charge in [-0.2, -0.15) is 0 Å². The van der Waals surface area contributed by atoms with Crippen molar-refractivity contribution in [3.8, 4) is 0 Å². The van der Waals surface area contributed by atoms with Gasteiger partial charge in [-0.1, -0.05) is 29.8 Å². The van der Waals surface area contributed by atoms with Crippen LogP contribution in [0.2, 0.25) is 5.02 Å². The number of carbonyl (C=O) groups excluding carboxylic acids is 2. The Hall–Kier alpha value is -3.73. The number of amides is 2. The summed E-state index contributed by atoms with van der Waals surface area (Å²) < 4.78 is 8.66. The topological polar surface area (TPSA) is 92.6 Å². The van der Waals surface area contributed by atoms with Gasteiger partial charge in [0.15, 0.2) is 0 Å². The summed E-state index contributed by atoms with van der Waals surface area (Å²) in [5.74, 6) is -0.278. The predicted molar refractivity (Wildman–Crippen MR) is 177 cm³/mol. The molecule has 0 radical (unpaired) electrons. The Labute approximate surface area is 276 Å². The van der Waals surface area contributed by atoms with Gasteiger partial charge in [0.2, 0.25) is 5.91 Å². The van der Waals surface area contributed by atoms with Crippen molar-refractivity contribution < 1.29 is 14.3 Å². The molecule has 1 N–H and O–H groups in total. The van der Waals surface area contributed by atoms with E-state index >= 15 is 0 Å². The van der Waals surface area contributed by atoms with E-state index in [1.807, 2.05) is 74.1 Å². The van der Waals surface area contributed by atoms with Crippen LogP contribution >= 0.6 is 27.5 Å². The largest absolute Gasteiger partial charge is 0.444 e. The van der Waals surface area contributed by atoms with Crippen molar-refractivity contribution in [3.63, 3.8) is 0 Å². The van der Waals surface area contributed by atoms with Crippen molar-refractivity contribution in [2.24, 2.45) is 0 Å². The number of anilines is 1. The van der Waals surface area contributed by atoms with Crippen molar-refractivity contribution in [1.29, 1.82) is 0 Å². The molecule has 1 saturated heterocycles. The predicted octanol–water partition coefficient (Wildman–Crippen LogP) is 6.49. The molecule has 1 fully saturated rings. The number of nitrogens with one attached hydrogen (secondary N) is 1.